The molecule has 4 heteroatoms. The van der Waals surface area contributed by atoms with Gasteiger partial charge >= 0.3 is 29.6 Å². The summed E-state index contributed by atoms with van der Waals surface area (Å²) in [6, 6.07) is 0. The molecule has 0 atom stereocenters. The van der Waals surface area contributed by atoms with E-state index in [1.54, 1.807) is 0 Å². The molecule has 0 radical (unpaired) electrons. The van der Waals surface area contributed by atoms with E-state index < -0.39 is 12.6 Å². The van der Waals surface area contributed by atoms with Crippen LogP contribution in [0.15, 0.2) is 0 Å². The molecule has 0 saturated heterocycles. The largest absolute Gasteiger partial charge is 1.00 e. The van der Waals surface area contributed by atoms with E-state index in [0.29, 0.717) is 12.8 Å². The van der Waals surface area contributed by atoms with Crippen LogP contribution in [0.5, 0.6) is 0 Å². The van der Waals surface area contributed by atoms with Crippen molar-refractivity contribution in [1.82, 2.24) is 0 Å². The van der Waals surface area contributed by atoms with Crippen molar-refractivity contribution in [3.8, 4) is 0 Å². The zero-order chi connectivity index (χ0) is 6.41. The number of unbranched alkanes of at least 4 members (excludes halogenated alkanes) is 1. The monoisotopic (exact) mass is 142 g/mol. The second-order valence-corrected chi connectivity index (χ2v) is 1.52. The van der Waals surface area contributed by atoms with E-state index in [0.717, 1.165) is 0 Å². The average molecular weight is 142 g/mol. The number of alkyl halides is 1. The summed E-state index contributed by atoms with van der Waals surface area (Å²) < 4.78 is 11.2. The third-order valence-electron chi connectivity index (χ3n) is 0.765. The fourth-order valence-corrected chi connectivity index (χ4v) is 0.364. The van der Waals surface area contributed by atoms with E-state index in [-0.39, 0.29) is 36.0 Å². The normalized spacial score (nSPS) is 8.11. The first kappa shape index (κ1) is 12.1. The maximum absolute atomic E-state index is 11.2. The van der Waals surface area contributed by atoms with Gasteiger partial charge in [-0.2, -0.15) is 0 Å². The van der Waals surface area contributed by atoms with Crippen LogP contribution >= 0.6 is 0 Å². The van der Waals surface area contributed by atoms with E-state index >= 15 is 0 Å². The van der Waals surface area contributed by atoms with Gasteiger partial charge in [-0.3, -0.25) is 4.39 Å². The van der Waals surface area contributed by atoms with Crippen molar-refractivity contribution in [2.75, 3.05) is 6.67 Å². The van der Waals surface area contributed by atoms with Gasteiger partial charge in [0.1, 0.15) is 0 Å². The fraction of sp³-hybridized carbons (Fsp3) is 0.800. The summed E-state index contributed by atoms with van der Waals surface area (Å²) in [6.45, 7) is -0.437. The average Bonchev–Trinajstić information content (AvgIpc) is 1.66. The van der Waals surface area contributed by atoms with Gasteiger partial charge in [0.05, 0.1) is 6.67 Å². The Balaban J connectivity index is 0. The van der Waals surface area contributed by atoms with Crippen molar-refractivity contribution in [1.29, 1.82) is 0 Å². The molecule has 0 aliphatic carbocycles. The van der Waals surface area contributed by atoms with E-state index in [1.165, 1.54) is 0 Å². The molecule has 0 aromatic carbocycles. The minimum absolute atomic E-state index is 0. The molecule has 0 spiro atoms. The molecule has 0 heterocycles. The van der Waals surface area contributed by atoms with Crippen LogP contribution in [-0.2, 0) is 4.79 Å². The molecule has 0 saturated carbocycles. The summed E-state index contributed by atoms with van der Waals surface area (Å²) in [5.74, 6) is -1.10. The van der Waals surface area contributed by atoms with Crippen LogP contribution < -0.4 is 34.7 Å². The molecule has 0 unspecified atom stereocenters. The molecule has 0 N–H and O–H groups in total. The number of carbonyl (C=O) groups excluding carboxylic acids is 1. The quantitative estimate of drug-likeness (QED) is 0.308. The van der Waals surface area contributed by atoms with Gasteiger partial charge < -0.3 is 9.90 Å². The first-order valence-electron chi connectivity index (χ1n) is 2.53. The first-order valence-corrected chi connectivity index (χ1v) is 2.53. The summed E-state index contributed by atoms with van der Waals surface area (Å²) in [4.78, 5) is 9.64. The predicted molar refractivity (Wildman–Crippen MR) is 24.8 cm³/mol. The second kappa shape index (κ2) is 8.40. The van der Waals surface area contributed by atoms with Gasteiger partial charge in [-0.05, 0) is 19.3 Å². The molecule has 2 nitrogen and oxygen atoms in total. The minimum Gasteiger partial charge on any atom is -0.550 e. The van der Waals surface area contributed by atoms with E-state index in [1.807, 2.05) is 0 Å². The number of aliphatic carboxylic acids is 1. The van der Waals surface area contributed by atoms with Crippen molar-refractivity contribution in [2.24, 2.45) is 0 Å². The third kappa shape index (κ3) is 11.8. The van der Waals surface area contributed by atoms with Gasteiger partial charge in [0, 0.05) is 5.97 Å². The number of carboxylic acids is 1. The molecule has 0 aliphatic heterocycles. The number of hydrogen-bond acceptors (Lipinski definition) is 2. The molecule has 0 amide bonds. The predicted octanol–water partition coefficient (Wildman–Crippen LogP) is -3.12. The molecule has 9 heavy (non-hydrogen) atoms. The Morgan fingerprint density at radius 3 is 2.33 bits per heavy atom. The molecule has 48 valence electrons. The Morgan fingerprint density at radius 1 is 1.44 bits per heavy atom. The summed E-state index contributed by atoms with van der Waals surface area (Å²) in [7, 11) is 0. The molecular formula is C5H8FNaO2. The molecule has 0 aromatic heterocycles. The van der Waals surface area contributed by atoms with Crippen molar-refractivity contribution in [3.63, 3.8) is 0 Å². The van der Waals surface area contributed by atoms with Crippen molar-refractivity contribution >= 4 is 5.97 Å². The zero-order valence-electron chi connectivity index (χ0n) is 5.52. The van der Waals surface area contributed by atoms with Crippen LogP contribution in [0.25, 0.3) is 0 Å². The van der Waals surface area contributed by atoms with Gasteiger partial charge in [-0.25, -0.2) is 0 Å². The van der Waals surface area contributed by atoms with Crippen LogP contribution in [0.2, 0.25) is 0 Å². The van der Waals surface area contributed by atoms with Gasteiger partial charge in [-0.15, -0.1) is 0 Å². The SMILES string of the molecule is O=C([O-])CCCCF.[Na+]. The van der Waals surface area contributed by atoms with Gasteiger partial charge in [0.2, 0.25) is 0 Å². The summed E-state index contributed by atoms with van der Waals surface area (Å²) >= 11 is 0. The Kier molecular flexibility index (Phi) is 11.3. The molecule has 0 aliphatic rings. The van der Waals surface area contributed by atoms with Crippen LogP contribution in [0.4, 0.5) is 4.39 Å². The van der Waals surface area contributed by atoms with Gasteiger partial charge in [0.15, 0.2) is 0 Å². The Bertz CT molecular complexity index is 77.4. The van der Waals surface area contributed by atoms with Crippen molar-refractivity contribution < 1.29 is 43.8 Å². The van der Waals surface area contributed by atoms with Crippen LogP contribution in [0, 0.1) is 0 Å². The summed E-state index contributed by atoms with van der Waals surface area (Å²) in [6.07, 6.45) is 0.691. The van der Waals surface area contributed by atoms with Crippen LogP contribution in [-0.4, -0.2) is 12.6 Å². The zero-order valence-corrected chi connectivity index (χ0v) is 7.52. The Morgan fingerprint density at radius 2 is 2.00 bits per heavy atom. The number of halogens is 1. The molecule has 0 bridgehead atoms. The number of rotatable bonds is 4. The number of hydrogen-bond donors (Lipinski definition) is 0. The summed E-state index contributed by atoms with van der Waals surface area (Å²) in [5.41, 5.74) is 0. The Labute approximate surface area is 75.7 Å². The van der Waals surface area contributed by atoms with E-state index in [2.05, 4.69) is 0 Å². The van der Waals surface area contributed by atoms with Gasteiger partial charge in [-0.1, -0.05) is 0 Å². The maximum Gasteiger partial charge on any atom is 1.00 e. The summed E-state index contributed by atoms with van der Waals surface area (Å²) in [5, 5.41) is 9.64. The van der Waals surface area contributed by atoms with Crippen molar-refractivity contribution in [2.45, 2.75) is 19.3 Å². The van der Waals surface area contributed by atoms with Crippen LogP contribution in [0.3, 0.4) is 0 Å². The number of carboxylic acid groups (broad SMARTS) is 1. The number of carbonyl (C=O) groups is 1. The standard InChI is InChI=1S/C5H9FO2.Na/c6-4-2-1-3-5(7)8;/h1-4H2,(H,7,8);/q;+1/p-1. The molecule has 0 aromatic rings. The Hall–Kier alpha value is 0.400. The van der Waals surface area contributed by atoms with Crippen molar-refractivity contribution in [3.05, 3.63) is 0 Å². The minimum atomic E-state index is -1.10. The first-order chi connectivity index (χ1) is 3.77. The second-order valence-electron chi connectivity index (χ2n) is 1.52. The fourth-order valence-electron chi connectivity index (χ4n) is 0.364. The molecule has 0 rings (SSSR count). The maximum atomic E-state index is 11.2. The van der Waals surface area contributed by atoms with E-state index in [9.17, 15) is 14.3 Å². The third-order valence-corrected chi connectivity index (χ3v) is 0.765. The van der Waals surface area contributed by atoms with Gasteiger partial charge in [0.25, 0.3) is 0 Å². The van der Waals surface area contributed by atoms with E-state index in [4.69, 9.17) is 0 Å². The molecule has 0 fully saturated rings. The van der Waals surface area contributed by atoms with Crippen LogP contribution in [0.1, 0.15) is 19.3 Å². The topological polar surface area (TPSA) is 40.1 Å². The smallest absolute Gasteiger partial charge is 0.550 e. The molecular weight excluding hydrogens is 134 g/mol.